The van der Waals surface area contributed by atoms with Crippen molar-refractivity contribution in [3.05, 3.63) is 63.2 Å². The zero-order valence-electron chi connectivity index (χ0n) is 25.4. The number of aliphatic hydroxyl groups is 2. The van der Waals surface area contributed by atoms with Gasteiger partial charge in [0.1, 0.15) is 29.5 Å². The summed E-state index contributed by atoms with van der Waals surface area (Å²) in [4.78, 5) is 28.7. The van der Waals surface area contributed by atoms with Crippen LogP contribution < -0.4 is 19.5 Å². The smallest absolute Gasteiger partial charge is 0.247 e. The summed E-state index contributed by atoms with van der Waals surface area (Å²) in [5.74, 6) is 1.50. The molecule has 2 aromatic carbocycles. The number of nitrogens with one attached hydrogen (secondary N) is 1. The zero-order chi connectivity index (χ0) is 31.2. The van der Waals surface area contributed by atoms with Crippen LogP contribution in [-0.2, 0) is 16.0 Å². The maximum atomic E-state index is 13.9. The molecule has 0 spiro atoms. The van der Waals surface area contributed by atoms with Gasteiger partial charge in [0.25, 0.3) is 0 Å². The van der Waals surface area contributed by atoms with E-state index in [1.807, 2.05) is 42.5 Å². The molecule has 10 heteroatoms. The lowest BCUT2D eigenvalue weighted by atomic mass is 9.87. The number of benzene rings is 2. The monoisotopic (exact) mass is 708 g/mol. The summed E-state index contributed by atoms with van der Waals surface area (Å²) in [6.45, 7) is 2.36. The number of ether oxygens (including phenoxy) is 3. The van der Waals surface area contributed by atoms with Gasteiger partial charge in [-0.25, -0.2) is 0 Å². The van der Waals surface area contributed by atoms with E-state index in [0.29, 0.717) is 42.2 Å². The fourth-order valence-electron chi connectivity index (χ4n) is 5.28. The second kappa shape index (κ2) is 18.1. The van der Waals surface area contributed by atoms with E-state index < -0.39 is 18.2 Å². The van der Waals surface area contributed by atoms with Crippen molar-refractivity contribution in [2.45, 2.75) is 76.5 Å². The van der Waals surface area contributed by atoms with Crippen molar-refractivity contribution in [2.75, 3.05) is 33.9 Å². The summed E-state index contributed by atoms with van der Waals surface area (Å²) >= 11 is 2.17. The van der Waals surface area contributed by atoms with Crippen LogP contribution in [0.3, 0.4) is 0 Å². The van der Waals surface area contributed by atoms with Crippen LogP contribution in [0.4, 0.5) is 0 Å². The third kappa shape index (κ3) is 10.1. The summed E-state index contributed by atoms with van der Waals surface area (Å²) < 4.78 is 18.1. The predicted molar refractivity (Wildman–Crippen MR) is 175 cm³/mol. The Bertz CT molecular complexity index is 1220. The Morgan fingerprint density at radius 1 is 1.05 bits per heavy atom. The molecular weight excluding hydrogens is 663 g/mol. The van der Waals surface area contributed by atoms with Crippen LogP contribution in [0.25, 0.3) is 0 Å². The molecule has 3 atom stereocenters. The van der Waals surface area contributed by atoms with Crippen molar-refractivity contribution in [1.82, 2.24) is 10.2 Å². The van der Waals surface area contributed by atoms with Gasteiger partial charge in [0.2, 0.25) is 11.8 Å². The third-order valence-electron chi connectivity index (χ3n) is 7.64. The molecule has 1 aliphatic rings. The predicted octanol–water partition coefficient (Wildman–Crippen LogP) is 4.66. The molecule has 3 rings (SSSR count). The van der Waals surface area contributed by atoms with Gasteiger partial charge in [0.15, 0.2) is 0 Å². The first-order valence-electron chi connectivity index (χ1n) is 15.0. The van der Waals surface area contributed by atoms with Crippen LogP contribution in [0, 0.1) is 3.57 Å². The van der Waals surface area contributed by atoms with E-state index in [4.69, 9.17) is 14.2 Å². The molecule has 0 bridgehead atoms. The Hall–Kier alpha value is -2.83. The highest BCUT2D eigenvalue weighted by atomic mass is 127. The van der Waals surface area contributed by atoms with Crippen molar-refractivity contribution < 1.29 is 34.0 Å². The summed E-state index contributed by atoms with van der Waals surface area (Å²) in [5.41, 5.74) is 1.27. The summed E-state index contributed by atoms with van der Waals surface area (Å²) in [5, 5.41) is 23.7. The third-order valence-corrected chi connectivity index (χ3v) is 8.53. The number of para-hydroxylation sites is 1. The fourth-order valence-corrected chi connectivity index (χ4v) is 5.80. The first-order chi connectivity index (χ1) is 20.8. The van der Waals surface area contributed by atoms with Gasteiger partial charge in [-0.3, -0.25) is 9.59 Å². The topological polar surface area (TPSA) is 118 Å². The summed E-state index contributed by atoms with van der Waals surface area (Å²) in [7, 11) is 3.20. The number of unbranched alkanes of at least 4 members (excludes halogenated alkanes) is 4. The minimum Gasteiger partial charge on any atom is -0.497 e. The molecule has 3 N–H and O–H groups in total. The maximum Gasteiger partial charge on any atom is 0.247 e. The van der Waals surface area contributed by atoms with E-state index in [9.17, 15) is 19.8 Å². The van der Waals surface area contributed by atoms with Crippen LogP contribution >= 0.6 is 22.6 Å². The van der Waals surface area contributed by atoms with Crippen molar-refractivity contribution in [1.29, 1.82) is 0 Å². The van der Waals surface area contributed by atoms with Crippen LogP contribution in [0.2, 0.25) is 0 Å². The first-order valence-corrected chi connectivity index (χ1v) is 16.1. The Morgan fingerprint density at radius 3 is 2.51 bits per heavy atom. The van der Waals surface area contributed by atoms with E-state index in [-0.39, 0.29) is 31.4 Å². The van der Waals surface area contributed by atoms with Crippen molar-refractivity contribution in [2.24, 2.45) is 0 Å². The van der Waals surface area contributed by atoms with E-state index >= 15 is 0 Å². The molecule has 1 aliphatic carbocycles. The number of nitrogens with zero attached hydrogens (tertiary/aromatic N) is 1. The highest BCUT2D eigenvalue weighted by Crippen LogP contribution is 2.31. The molecule has 3 unspecified atom stereocenters. The minimum absolute atomic E-state index is 0.0764. The number of hydrogen-bond acceptors (Lipinski definition) is 7. The second-order valence-electron chi connectivity index (χ2n) is 10.6. The van der Waals surface area contributed by atoms with Gasteiger partial charge in [-0.1, -0.05) is 44.7 Å². The van der Waals surface area contributed by atoms with Gasteiger partial charge >= 0.3 is 0 Å². The second-order valence-corrected chi connectivity index (χ2v) is 11.8. The van der Waals surface area contributed by atoms with Crippen LogP contribution in [0.5, 0.6) is 17.2 Å². The average molecular weight is 709 g/mol. The number of amides is 2. The highest BCUT2D eigenvalue weighted by Gasteiger charge is 2.40. The molecule has 0 saturated heterocycles. The van der Waals surface area contributed by atoms with E-state index in [1.165, 1.54) is 0 Å². The van der Waals surface area contributed by atoms with Gasteiger partial charge in [0, 0.05) is 31.5 Å². The van der Waals surface area contributed by atoms with E-state index in [1.54, 1.807) is 25.2 Å². The lowest BCUT2D eigenvalue weighted by Crippen LogP contribution is -2.55. The molecule has 0 aliphatic heterocycles. The van der Waals surface area contributed by atoms with Crippen LogP contribution in [0.1, 0.15) is 57.4 Å². The molecule has 43 heavy (non-hydrogen) atoms. The van der Waals surface area contributed by atoms with Crippen molar-refractivity contribution in [3.8, 4) is 17.2 Å². The lowest BCUT2D eigenvalue weighted by molar-refractivity contribution is -0.138. The molecular formula is C33H45IN2O7. The van der Waals surface area contributed by atoms with Gasteiger partial charge in [-0.15, -0.1) is 0 Å². The molecule has 2 amide bonds. The highest BCUT2D eigenvalue weighted by molar-refractivity contribution is 14.1. The van der Waals surface area contributed by atoms with E-state index in [0.717, 1.165) is 41.2 Å². The van der Waals surface area contributed by atoms with Crippen LogP contribution in [0.15, 0.2) is 54.1 Å². The number of methoxy groups -OCH3 is 2. The summed E-state index contributed by atoms with van der Waals surface area (Å²) in [6.07, 6.45) is 5.67. The number of carbonyl (C=O) groups excluding carboxylic acids is 2. The largest absolute Gasteiger partial charge is 0.497 e. The van der Waals surface area contributed by atoms with Gasteiger partial charge in [0.05, 0.1) is 30.4 Å². The molecule has 0 saturated carbocycles. The number of carbonyl (C=O) groups is 2. The molecule has 236 valence electrons. The first kappa shape index (κ1) is 34.7. The Morgan fingerprint density at radius 2 is 1.81 bits per heavy atom. The number of halogens is 1. The fraction of sp³-hybridized carbons (Fsp3) is 0.515. The number of aliphatic hydroxyl groups excluding tert-OH is 2. The zero-order valence-corrected chi connectivity index (χ0v) is 27.5. The average Bonchev–Trinajstić information content (AvgIpc) is 3.02. The minimum atomic E-state index is -1.08. The molecule has 0 radical (unpaired) electrons. The summed E-state index contributed by atoms with van der Waals surface area (Å²) in [6, 6.07) is 12.3. The van der Waals surface area contributed by atoms with Crippen LogP contribution in [-0.4, -0.2) is 79.1 Å². The Balaban J connectivity index is 1.93. The molecule has 0 heterocycles. The number of hydrogen-bond donors (Lipinski definition) is 3. The SMILES string of the molecule is CCCCCCCC(=O)N(CCc1cc(OC)ccc1OC)C1CC(C(=O)NCCO)=CC(Oc2ccccc2I)C1O. The number of rotatable bonds is 17. The van der Waals surface area contributed by atoms with Gasteiger partial charge in [-0.2, -0.15) is 0 Å². The lowest BCUT2D eigenvalue weighted by Gasteiger charge is -2.41. The van der Waals surface area contributed by atoms with Gasteiger partial charge in [-0.05, 0) is 77.4 Å². The quantitative estimate of drug-likeness (QED) is 0.162. The normalized spacial score (nSPS) is 18.0. The molecule has 2 aromatic rings. The van der Waals surface area contributed by atoms with E-state index in [2.05, 4.69) is 34.8 Å². The van der Waals surface area contributed by atoms with Crippen molar-refractivity contribution in [3.63, 3.8) is 0 Å². The Kier molecular flexibility index (Phi) is 14.6. The standard InChI is InChI=1S/C33H45IN2O7/c1-4-5-6-7-8-13-31(38)36(18-16-23-20-25(41-2)14-15-28(23)42-3)27-21-24(33(40)35-17-19-37)22-30(32(27)39)43-29-12-10-9-11-26(29)34/h9-12,14-15,20,22,27,30,32,37,39H,4-8,13,16-19,21H2,1-3H3,(H,35,40). The van der Waals surface area contributed by atoms with Crippen molar-refractivity contribution >= 4 is 34.4 Å². The molecule has 0 aromatic heterocycles. The molecule has 9 nitrogen and oxygen atoms in total. The Labute approximate surface area is 268 Å². The van der Waals surface area contributed by atoms with Gasteiger partial charge < -0.3 is 34.6 Å². The maximum absolute atomic E-state index is 13.9. The molecule has 0 fully saturated rings.